The SMILES string of the molecule is O=C(Cn1c(-c2ccccc2)cc2ccccc21)NCC1CCCN2CCCCC12. The summed E-state index contributed by atoms with van der Waals surface area (Å²) in [5.41, 5.74) is 3.36. The molecule has 5 rings (SSSR count). The molecule has 3 heterocycles. The van der Waals surface area contributed by atoms with Gasteiger partial charge in [0, 0.05) is 29.2 Å². The van der Waals surface area contributed by atoms with Gasteiger partial charge >= 0.3 is 0 Å². The van der Waals surface area contributed by atoms with Crippen LogP contribution in [0.15, 0.2) is 60.7 Å². The Kier molecular flexibility index (Phi) is 5.58. The molecule has 3 aromatic rings. The van der Waals surface area contributed by atoms with E-state index in [1.807, 2.05) is 12.1 Å². The lowest BCUT2D eigenvalue weighted by Gasteiger charge is -2.44. The van der Waals surface area contributed by atoms with Crippen LogP contribution in [0.4, 0.5) is 0 Å². The normalized spacial score (nSPS) is 22.0. The van der Waals surface area contributed by atoms with Crippen LogP contribution in [0.5, 0.6) is 0 Å². The van der Waals surface area contributed by atoms with E-state index < -0.39 is 0 Å². The van der Waals surface area contributed by atoms with Gasteiger partial charge in [-0.1, -0.05) is 55.0 Å². The highest BCUT2D eigenvalue weighted by Gasteiger charge is 2.32. The Balaban J connectivity index is 1.32. The fourth-order valence-corrected chi connectivity index (χ4v) is 5.49. The summed E-state index contributed by atoms with van der Waals surface area (Å²) >= 11 is 0. The summed E-state index contributed by atoms with van der Waals surface area (Å²) in [5, 5.41) is 4.46. The number of hydrogen-bond acceptors (Lipinski definition) is 2. The van der Waals surface area contributed by atoms with Gasteiger partial charge in [0.2, 0.25) is 5.91 Å². The second-order valence-corrected chi connectivity index (χ2v) is 8.85. The second kappa shape index (κ2) is 8.65. The average molecular weight is 402 g/mol. The van der Waals surface area contributed by atoms with Crippen molar-refractivity contribution in [1.29, 1.82) is 0 Å². The summed E-state index contributed by atoms with van der Waals surface area (Å²) in [6.45, 7) is 3.65. The number of piperidine rings is 2. The minimum atomic E-state index is 0.112. The van der Waals surface area contributed by atoms with Crippen LogP contribution in [0.2, 0.25) is 0 Å². The smallest absolute Gasteiger partial charge is 0.239 e. The van der Waals surface area contributed by atoms with Crippen molar-refractivity contribution in [1.82, 2.24) is 14.8 Å². The number of fused-ring (bicyclic) bond motifs is 2. The van der Waals surface area contributed by atoms with Gasteiger partial charge in [0.05, 0.1) is 0 Å². The van der Waals surface area contributed by atoms with Crippen LogP contribution in [-0.2, 0) is 11.3 Å². The predicted octanol–water partition coefficient (Wildman–Crippen LogP) is 4.69. The fraction of sp³-hybridized carbons (Fsp3) is 0.423. The Labute approximate surface area is 178 Å². The summed E-state index contributed by atoms with van der Waals surface area (Å²) in [6.07, 6.45) is 6.46. The van der Waals surface area contributed by atoms with E-state index in [1.54, 1.807) is 0 Å². The number of rotatable bonds is 5. The molecule has 1 amide bonds. The molecule has 30 heavy (non-hydrogen) atoms. The van der Waals surface area contributed by atoms with Crippen LogP contribution in [-0.4, -0.2) is 41.1 Å². The molecular weight excluding hydrogens is 370 g/mol. The molecule has 2 aliphatic rings. The van der Waals surface area contributed by atoms with Gasteiger partial charge in [-0.2, -0.15) is 0 Å². The Morgan fingerprint density at radius 1 is 0.933 bits per heavy atom. The molecule has 2 unspecified atom stereocenters. The summed E-state index contributed by atoms with van der Waals surface area (Å²) in [7, 11) is 0. The highest BCUT2D eigenvalue weighted by atomic mass is 16.1. The highest BCUT2D eigenvalue weighted by molar-refractivity contribution is 5.89. The maximum atomic E-state index is 13.0. The first-order valence-electron chi connectivity index (χ1n) is 11.4. The molecule has 0 radical (unpaired) electrons. The molecule has 4 heteroatoms. The predicted molar refractivity (Wildman–Crippen MR) is 122 cm³/mol. The second-order valence-electron chi connectivity index (χ2n) is 8.85. The van der Waals surface area contributed by atoms with Crippen molar-refractivity contribution < 1.29 is 4.79 Å². The first-order chi connectivity index (χ1) is 14.8. The first-order valence-corrected chi connectivity index (χ1v) is 11.4. The van der Waals surface area contributed by atoms with E-state index in [9.17, 15) is 4.79 Å². The van der Waals surface area contributed by atoms with Crippen molar-refractivity contribution in [3.8, 4) is 11.3 Å². The quantitative estimate of drug-likeness (QED) is 0.673. The van der Waals surface area contributed by atoms with E-state index in [4.69, 9.17) is 0 Å². The van der Waals surface area contributed by atoms with E-state index >= 15 is 0 Å². The van der Waals surface area contributed by atoms with Crippen molar-refractivity contribution >= 4 is 16.8 Å². The molecule has 156 valence electrons. The van der Waals surface area contributed by atoms with Crippen molar-refractivity contribution in [3.63, 3.8) is 0 Å². The molecular formula is C26H31N3O. The molecule has 2 fully saturated rings. The van der Waals surface area contributed by atoms with E-state index in [-0.39, 0.29) is 5.91 Å². The van der Waals surface area contributed by atoms with Crippen molar-refractivity contribution in [2.24, 2.45) is 5.92 Å². The van der Waals surface area contributed by atoms with Crippen molar-refractivity contribution in [3.05, 3.63) is 60.7 Å². The monoisotopic (exact) mass is 401 g/mol. The van der Waals surface area contributed by atoms with Gasteiger partial charge in [0.25, 0.3) is 0 Å². The number of hydrogen-bond donors (Lipinski definition) is 1. The Hall–Kier alpha value is -2.59. The lowest BCUT2D eigenvalue weighted by molar-refractivity contribution is -0.122. The largest absolute Gasteiger partial charge is 0.354 e. The third kappa shape index (κ3) is 3.89. The zero-order chi connectivity index (χ0) is 20.3. The number of para-hydroxylation sites is 1. The Morgan fingerprint density at radius 2 is 1.73 bits per heavy atom. The molecule has 2 aliphatic heterocycles. The average Bonchev–Trinajstić information content (AvgIpc) is 3.16. The van der Waals surface area contributed by atoms with Crippen LogP contribution in [0.1, 0.15) is 32.1 Å². The van der Waals surface area contributed by atoms with Crippen LogP contribution in [0, 0.1) is 5.92 Å². The summed E-state index contributed by atoms with van der Waals surface area (Å²) in [6, 6.07) is 21.6. The van der Waals surface area contributed by atoms with Crippen molar-refractivity contribution in [2.75, 3.05) is 19.6 Å². The van der Waals surface area contributed by atoms with Gasteiger partial charge in [-0.25, -0.2) is 0 Å². The number of amides is 1. The zero-order valence-electron chi connectivity index (χ0n) is 17.6. The van der Waals surface area contributed by atoms with Crippen molar-refractivity contribution in [2.45, 2.75) is 44.7 Å². The fourth-order valence-electron chi connectivity index (χ4n) is 5.49. The number of nitrogens with one attached hydrogen (secondary N) is 1. The molecule has 2 aromatic carbocycles. The molecule has 2 saturated heterocycles. The standard InChI is InChI=1S/C26H31N3O/c30-26(27-18-22-12-8-16-28-15-7-6-13-23(22)28)19-29-24-14-5-4-11-21(24)17-25(29)20-9-2-1-3-10-20/h1-5,9-11,14,17,22-23H,6-8,12-13,15-16,18-19H2,(H,27,30). The number of benzene rings is 2. The van der Waals surface area contributed by atoms with Crippen LogP contribution < -0.4 is 5.32 Å². The topological polar surface area (TPSA) is 37.3 Å². The number of carbonyl (C=O) groups is 1. The summed E-state index contributed by atoms with van der Waals surface area (Å²) < 4.78 is 2.16. The molecule has 0 saturated carbocycles. The molecule has 0 spiro atoms. The van der Waals surface area contributed by atoms with Gasteiger partial charge in [-0.3, -0.25) is 4.79 Å². The zero-order valence-corrected chi connectivity index (χ0v) is 17.6. The van der Waals surface area contributed by atoms with Gasteiger partial charge < -0.3 is 14.8 Å². The van der Waals surface area contributed by atoms with E-state index in [2.05, 4.69) is 63.3 Å². The minimum absolute atomic E-state index is 0.112. The summed E-state index contributed by atoms with van der Waals surface area (Å²) in [5.74, 6) is 0.708. The molecule has 1 aromatic heterocycles. The lowest BCUT2D eigenvalue weighted by Crippen LogP contribution is -2.51. The molecule has 0 aliphatic carbocycles. The van der Waals surface area contributed by atoms with Gasteiger partial charge in [0.15, 0.2) is 0 Å². The number of nitrogens with zero attached hydrogens (tertiary/aromatic N) is 2. The van der Waals surface area contributed by atoms with Crippen LogP contribution >= 0.6 is 0 Å². The van der Waals surface area contributed by atoms with E-state index in [1.165, 1.54) is 50.6 Å². The van der Waals surface area contributed by atoms with Crippen LogP contribution in [0.3, 0.4) is 0 Å². The maximum Gasteiger partial charge on any atom is 0.239 e. The third-order valence-electron chi connectivity index (χ3n) is 6.97. The van der Waals surface area contributed by atoms with E-state index in [0.29, 0.717) is 18.5 Å². The van der Waals surface area contributed by atoms with Gasteiger partial charge in [0.1, 0.15) is 6.54 Å². The van der Waals surface area contributed by atoms with Gasteiger partial charge in [-0.05, 0) is 62.4 Å². The Morgan fingerprint density at radius 3 is 2.63 bits per heavy atom. The first kappa shape index (κ1) is 19.4. The number of carbonyl (C=O) groups excluding carboxylic acids is 1. The maximum absolute atomic E-state index is 13.0. The lowest BCUT2D eigenvalue weighted by atomic mass is 9.83. The Bertz CT molecular complexity index is 1010. The third-order valence-corrected chi connectivity index (χ3v) is 6.97. The minimum Gasteiger partial charge on any atom is -0.354 e. The van der Waals surface area contributed by atoms with Gasteiger partial charge in [-0.15, -0.1) is 0 Å². The molecule has 4 nitrogen and oxygen atoms in total. The molecule has 0 bridgehead atoms. The molecule has 1 N–H and O–H groups in total. The van der Waals surface area contributed by atoms with Crippen LogP contribution in [0.25, 0.3) is 22.2 Å². The molecule has 2 atom stereocenters. The van der Waals surface area contributed by atoms with E-state index in [0.717, 1.165) is 23.3 Å². The summed E-state index contributed by atoms with van der Waals surface area (Å²) in [4.78, 5) is 15.7. The number of aromatic nitrogens is 1. The highest BCUT2D eigenvalue weighted by Crippen LogP contribution is 2.31.